The van der Waals surface area contributed by atoms with E-state index in [1.54, 1.807) is 0 Å². The van der Waals surface area contributed by atoms with Gasteiger partial charge in [-0.05, 0) is 0 Å². The molecule has 0 N–H and O–H groups in total. The Morgan fingerprint density at radius 3 is 1.00 bits per heavy atom. The molecule has 0 aliphatic carbocycles. The Balaban J connectivity index is 0. The normalized spacial score (nSPS) is 10.9. The van der Waals surface area contributed by atoms with Crippen LogP contribution in [0.25, 0.3) is 0 Å². The predicted octanol–water partition coefficient (Wildman–Crippen LogP) is 3.77. The molecule has 0 aliphatic heterocycles. The molecule has 0 fully saturated rings. The summed E-state index contributed by atoms with van der Waals surface area (Å²) in [5.41, 5.74) is 0. The van der Waals surface area contributed by atoms with Crippen molar-refractivity contribution >= 4 is 49.6 Å². The number of halogens is 6. The van der Waals surface area contributed by atoms with Gasteiger partial charge in [-0.15, -0.1) is 0 Å². The average Bonchev–Trinajstić information content (AvgIpc) is 1.61. The molecule has 0 aromatic carbocycles. The van der Waals surface area contributed by atoms with Gasteiger partial charge in [0, 0.05) is 0 Å². The van der Waals surface area contributed by atoms with E-state index in [0.717, 1.165) is 0 Å². The zero-order chi connectivity index (χ0) is 7.91. The Kier molecular flexibility index (Phi) is 11.2. The van der Waals surface area contributed by atoms with E-state index >= 15 is 0 Å². The molecule has 0 aliphatic rings. The molecule has 0 nitrogen and oxygen atoms in total. The Hall–Kier alpha value is 1.56. The van der Waals surface area contributed by atoms with Crippen LogP contribution in [0.1, 0.15) is 0 Å². The summed E-state index contributed by atoms with van der Waals surface area (Å²) in [5.74, 6) is 0. The van der Waals surface area contributed by atoms with Gasteiger partial charge in [0.1, 0.15) is 12.7 Å². The molecule has 0 amide bonds. The van der Waals surface area contributed by atoms with Crippen molar-refractivity contribution in [2.75, 3.05) is 0 Å². The summed E-state index contributed by atoms with van der Waals surface area (Å²) >= 11 is -3.29. The molecule has 0 bridgehead atoms. The van der Waals surface area contributed by atoms with Crippen LogP contribution in [0.4, 0.5) is 8.78 Å². The van der Waals surface area contributed by atoms with Crippen LogP contribution >= 0.6 is 35.7 Å². The zero-order valence-corrected chi connectivity index (χ0v) is 9.80. The van der Waals surface area contributed by atoms with Crippen LogP contribution in [0.3, 0.4) is 0 Å². The number of hydrogen-bond acceptors (Lipinski definition) is 0. The van der Waals surface area contributed by atoms with E-state index in [1.807, 2.05) is 0 Å². The molecule has 0 saturated carbocycles. The fourth-order valence-corrected chi connectivity index (χ4v) is 0. The van der Waals surface area contributed by atoms with Gasteiger partial charge >= 0.3 is 49.6 Å². The standard InChI is InChI=1S/C2H2F2.4ClH.Sn/c3-1-2-4;;;;;/h1-2H;4*1H;/q;;;;;+4/p-4. The van der Waals surface area contributed by atoms with Crippen LogP contribution in [-0.2, 0) is 0 Å². The second-order valence-corrected chi connectivity index (χ2v) is 26.1. The first kappa shape index (κ1) is 13.2. The van der Waals surface area contributed by atoms with Crippen molar-refractivity contribution in [2.24, 2.45) is 0 Å². The first-order valence-corrected chi connectivity index (χ1v) is 16.0. The third-order valence-corrected chi connectivity index (χ3v) is 0.0476. The summed E-state index contributed by atoms with van der Waals surface area (Å²) in [4.78, 5) is 0. The molecule has 0 aromatic rings. The van der Waals surface area contributed by atoms with Gasteiger partial charge in [0.2, 0.25) is 0 Å². The van der Waals surface area contributed by atoms with E-state index in [9.17, 15) is 8.78 Å². The van der Waals surface area contributed by atoms with Crippen LogP contribution in [0.5, 0.6) is 0 Å². The molecule has 0 aromatic heterocycles. The maximum atomic E-state index is 10.2. The molecule has 56 valence electrons. The van der Waals surface area contributed by atoms with E-state index in [4.69, 9.17) is 35.7 Å². The SMILES string of the molecule is FC=CF.[Cl][Sn]([Cl])([Cl])[Cl]. The van der Waals surface area contributed by atoms with Crippen LogP contribution in [-0.4, -0.2) is 13.9 Å². The van der Waals surface area contributed by atoms with E-state index in [2.05, 4.69) is 0 Å². The van der Waals surface area contributed by atoms with Gasteiger partial charge in [-0.25, -0.2) is 8.78 Å². The molecule has 7 heteroatoms. The van der Waals surface area contributed by atoms with E-state index in [1.165, 1.54) is 0 Å². The first-order valence-electron chi connectivity index (χ1n) is 1.53. The van der Waals surface area contributed by atoms with Gasteiger partial charge in [-0.3, -0.25) is 0 Å². The Labute approximate surface area is 70.5 Å². The minimum atomic E-state index is -3.29. The summed E-state index contributed by atoms with van der Waals surface area (Å²) in [6.45, 7) is 0. The van der Waals surface area contributed by atoms with Gasteiger partial charge in [-0.1, -0.05) is 0 Å². The van der Waals surface area contributed by atoms with Crippen LogP contribution in [0, 0.1) is 0 Å². The van der Waals surface area contributed by atoms with Gasteiger partial charge < -0.3 is 0 Å². The third kappa shape index (κ3) is 83.4. The van der Waals surface area contributed by atoms with Crippen molar-refractivity contribution in [2.45, 2.75) is 0 Å². The third-order valence-electron chi connectivity index (χ3n) is 0.0476. The topological polar surface area (TPSA) is 0 Å². The fraction of sp³-hybridized carbons (Fsp3) is 0. The predicted molar refractivity (Wildman–Crippen MR) is 40.5 cm³/mol. The Bertz CT molecular complexity index is 69.1. The summed E-state index contributed by atoms with van der Waals surface area (Å²) in [7, 11) is 20.1. The summed E-state index contributed by atoms with van der Waals surface area (Å²) in [6, 6.07) is 0. The van der Waals surface area contributed by atoms with Gasteiger partial charge in [0.05, 0.1) is 0 Å². The van der Waals surface area contributed by atoms with Crippen molar-refractivity contribution in [3.8, 4) is 0 Å². The average molecular weight is 325 g/mol. The number of rotatable bonds is 0. The van der Waals surface area contributed by atoms with E-state index in [0.29, 0.717) is 0 Å². The molecule has 0 spiro atoms. The fourth-order valence-electron chi connectivity index (χ4n) is 0. The van der Waals surface area contributed by atoms with Crippen molar-refractivity contribution in [3.63, 3.8) is 0 Å². The van der Waals surface area contributed by atoms with E-state index in [-0.39, 0.29) is 12.7 Å². The molecule has 0 radical (unpaired) electrons. The van der Waals surface area contributed by atoms with Crippen LogP contribution in [0.15, 0.2) is 12.7 Å². The molecule has 0 unspecified atom stereocenters. The second kappa shape index (κ2) is 7.66. The quantitative estimate of drug-likeness (QED) is 0.595. The summed E-state index contributed by atoms with van der Waals surface area (Å²) in [5, 5.41) is 0. The van der Waals surface area contributed by atoms with Crippen molar-refractivity contribution in [1.82, 2.24) is 0 Å². The van der Waals surface area contributed by atoms with Crippen molar-refractivity contribution in [1.29, 1.82) is 0 Å². The second-order valence-electron chi connectivity index (χ2n) is 0.681. The van der Waals surface area contributed by atoms with Crippen LogP contribution < -0.4 is 0 Å². The molecule has 0 rings (SSSR count). The molecule has 9 heavy (non-hydrogen) atoms. The molecular weight excluding hydrogens is 323 g/mol. The summed E-state index contributed by atoms with van der Waals surface area (Å²) in [6.07, 6.45) is -0.333. The zero-order valence-electron chi connectivity index (χ0n) is 3.92. The molecular formula is C2H2Cl4F2Sn. The Morgan fingerprint density at radius 2 is 1.00 bits per heavy atom. The maximum absolute atomic E-state index is 10.2. The van der Waals surface area contributed by atoms with Gasteiger partial charge in [-0.2, -0.15) is 0 Å². The van der Waals surface area contributed by atoms with Crippen molar-refractivity contribution in [3.05, 3.63) is 12.7 Å². The molecule has 0 heterocycles. The van der Waals surface area contributed by atoms with Gasteiger partial charge in [0.15, 0.2) is 0 Å². The Morgan fingerprint density at radius 1 is 0.889 bits per heavy atom. The minimum absolute atomic E-state index is 0.167. The van der Waals surface area contributed by atoms with Crippen LogP contribution in [0.2, 0.25) is 0 Å². The van der Waals surface area contributed by atoms with Crippen molar-refractivity contribution < 1.29 is 8.78 Å². The molecule has 0 atom stereocenters. The number of hydrogen-bond donors (Lipinski definition) is 0. The van der Waals surface area contributed by atoms with E-state index < -0.39 is 13.9 Å². The molecule has 0 saturated heterocycles. The first-order chi connectivity index (χ1) is 3.91. The monoisotopic (exact) mass is 324 g/mol. The summed E-state index contributed by atoms with van der Waals surface area (Å²) < 4.78 is 20.3. The van der Waals surface area contributed by atoms with Gasteiger partial charge in [0.25, 0.3) is 0 Å².